The number of carbonyl (C=O) groups excluding carboxylic acids is 1. The highest BCUT2D eigenvalue weighted by molar-refractivity contribution is 9.10. The van der Waals surface area contributed by atoms with E-state index in [1.165, 1.54) is 16.2 Å². The molecule has 0 spiro atoms. The second-order valence-corrected chi connectivity index (χ2v) is 6.23. The van der Waals surface area contributed by atoms with Crippen molar-refractivity contribution in [1.82, 2.24) is 4.98 Å². The van der Waals surface area contributed by atoms with Crippen molar-refractivity contribution in [2.75, 3.05) is 5.32 Å². The highest BCUT2D eigenvalue weighted by Gasteiger charge is 2.11. The van der Waals surface area contributed by atoms with Crippen molar-refractivity contribution in [2.45, 2.75) is 19.8 Å². The van der Waals surface area contributed by atoms with Crippen LogP contribution in [-0.4, -0.2) is 10.9 Å². The third-order valence-electron chi connectivity index (χ3n) is 2.38. The minimum atomic E-state index is -0.0909. The van der Waals surface area contributed by atoms with Gasteiger partial charge in [0.15, 0.2) is 0 Å². The van der Waals surface area contributed by atoms with E-state index in [0.717, 1.165) is 9.35 Å². The number of anilines is 1. The minimum absolute atomic E-state index is 0.0909. The first kappa shape index (κ1) is 13.2. The molecule has 0 aromatic carbocycles. The first-order valence-corrected chi connectivity index (χ1v) is 7.19. The van der Waals surface area contributed by atoms with Crippen LogP contribution in [0.4, 0.5) is 5.69 Å². The fraction of sp³-hybridized carbons (Fsp3) is 0.231. The van der Waals surface area contributed by atoms with E-state index in [-0.39, 0.29) is 5.91 Å². The monoisotopic (exact) mass is 324 g/mol. The number of hydrogen-bond donors (Lipinski definition) is 1. The third-order valence-corrected chi connectivity index (χ3v) is 4.20. The van der Waals surface area contributed by atoms with Crippen LogP contribution in [-0.2, 0) is 0 Å². The van der Waals surface area contributed by atoms with Gasteiger partial charge in [-0.25, -0.2) is 0 Å². The summed E-state index contributed by atoms with van der Waals surface area (Å²) in [5, 5.41) is 2.83. The zero-order chi connectivity index (χ0) is 13.1. The minimum Gasteiger partial charge on any atom is -0.320 e. The molecular weight excluding hydrogens is 312 g/mol. The van der Waals surface area contributed by atoms with E-state index in [0.29, 0.717) is 11.6 Å². The number of halogens is 1. The maximum Gasteiger partial charge on any atom is 0.265 e. The van der Waals surface area contributed by atoms with Gasteiger partial charge in [0.2, 0.25) is 0 Å². The number of thiophene rings is 1. The summed E-state index contributed by atoms with van der Waals surface area (Å²) in [4.78, 5) is 18.0. The Kier molecular flexibility index (Phi) is 4.14. The lowest BCUT2D eigenvalue weighted by Crippen LogP contribution is -2.10. The molecule has 0 radical (unpaired) electrons. The molecule has 1 N–H and O–H groups in total. The Balaban J connectivity index is 2.12. The molecule has 2 rings (SSSR count). The second-order valence-electron chi connectivity index (χ2n) is 4.20. The van der Waals surface area contributed by atoms with Crippen LogP contribution in [0.1, 0.15) is 34.3 Å². The molecule has 1 amide bonds. The second kappa shape index (κ2) is 5.63. The van der Waals surface area contributed by atoms with Crippen LogP contribution in [0.15, 0.2) is 35.1 Å². The molecule has 2 aromatic heterocycles. The van der Waals surface area contributed by atoms with Crippen molar-refractivity contribution in [3.8, 4) is 0 Å². The van der Waals surface area contributed by atoms with E-state index in [1.54, 1.807) is 12.4 Å². The van der Waals surface area contributed by atoms with Crippen LogP contribution in [0.2, 0.25) is 0 Å². The van der Waals surface area contributed by atoms with Crippen molar-refractivity contribution in [3.05, 3.63) is 44.8 Å². The topological polar surface area (TPSA) is 42.0 Å². The number of carbonyl (C=O) groups is 1. The van der Waals surface area contributed by atoms with Gasteiger partial charge in [-0.05, 0) is 40.0 Å². The summed E-state index contributed by atoms with van der Waals surface area (Å²) in [6.45, 7) is 4.23. The zero-order valence-corrected chi connectivity index (χ0v) is 12.5. The molecule has 0 unspecified atom stereocenters. The number of hydrogen-bond acceptors (Lipinski definition) is 3. The summed E-state index contributed by atoms with van der Waals surface area (Å²) in [7, 11) is 0. The number of nitrogens with zero attached hydrogens (tertiary/aromatic N) is 1. The van der Waals surface area contributed by atoms with Gasteiger partial charge < -0.3 is 5.32 Å². The molecule has 0 aliphatic heterocycles. The largest absolute Gasteiger partial charge is 0.320 e. The number of nitrogens with one attached hydrogen (secondary N) is 1. The molecule has 2 heterocycles. The van der Waals surface area contributed by atoms with Gasteiger partial charge in [-0.3, -0.25) is 9.78 Å². The smallest absolute Gasteiger partial charge is 0.265 e. The molecular formula is C13H13BrN2OS. The molecule has 94 valence electrons. The van der Waals surface area contributed by atoms with Crippen LogP contribution in [0.3, 0.4) is 0 Å². The highest BCUT2D eigenvalue weighted by Crippen LogP contribution is 2.25. The van der Waals surface area contributed by atoms with E-state index < -0.39 is 0 Å². The zero-order valence-electron chi connectivity index (χ0n) is 10.1. The molecule has 0 bridgehead atoms. The van der Waals surface area contributed by atoms with Gasteiger partial charge in [-0.2, -0.15) is 0 Å². The normalized spacial score (nSPS) is 10.7. The summed E-state index contributed by atoms with van der Waals surface area (Å²) in [6, 6.07) is 5.69. The standard InChI is InChI=1S/C13H13BrN2OS/c1-8(2)11-3-4-12(18-11)13(17)16-10-5-9(14)6-15-7-10/h3-8H,1-2H3,(H,16,17). The molecule has 2 aromatic rings. The van der Waals surface area contributed by atoms with Crippen LogP contribution < -0.4 is 5.32 Å². The molecule has 0 atom stereocenters. The van der Waals surface area contributed by atoms with Gasteiger partial charge in [-0.15, -0.1) is 11.3 Å². The Morgan fingerprint density at radius 2 is 2.17 bits per heavy atom. The Hall–Kier alpha value is -1.20. The van der Waals surface area contributed by atoms with E-state index in [9.17, 15) is 4.79 Å². The summed E-state index contributed by atoms with van der Waals surface area (Å²) in [5.41, 5.74) is 0.689. The number of aromatic nitrogens is 1. The molecule has 0 aliphatic carbocycles. The Labute approximate surface area is 118 Å². The van der Waals surface area contributed by atoms with Crippen molar-refractivity contribution in [2.24, 2.45) is 0 Å². The summed E-state index contributed by atoms with van der Waals surface area (Å²) < 4.78 is 0.842. The van der Waals surface area contributed by atoms with Crippen LogP contribution in [0.5, 0.6) is 0 Å². The first-order chi connectivity index (χ1) is 8.56. The fourth-order valence-electron chi connectivity index (χ4n) is 1.46. The third kappa shape index (κ3) is 3.17. The Morgan fingerprint density at radius 1 is 1.39 bits per heavy atom. The number of pyridine rings is 1. The number of amides is 1. The predicted molar refractivity (Wildman–Crippen MR) is 78.3 cm³/mol. The van der Waals surface area contributed by atoms with Gasteiger partial charge in [0.1, 0.15) is 0 Å². The van der Waals surface area contributed by atoms with E-state index in [2.05, 4.69) is 40.1 Å². The highest BCUT2D eigenvalue weighted by atomic mass is 79.9. The molecule has 18 heavy (non-hydrogen) atoms. The number of rotatable bonds is 3. The van der Waals surface area contributed by atoms with Crippen molar-refractivity contribution in [1.29, 1.82) is 0 Å². The summed E-state index contributed by atoms with van der Waals surface area (Å²) in [6.07, 6.45) is 3.30. The van der Waals surface area contributed by atoms with E-state index in [4.69, 9.17) is 0 Å². The molecule has 0 fully saturated rings. The maximum atomic E-state index is 12.0. The molecule has 0 saturated heterocycles. The lowest BCUT2D eigenvalue weighted by molar-refractivity contribution is 0.103. The van der Waals surface area contributed by atoms with Gasteiger partial charge in [0, 0.05) is 15.5 Å². The van der Waals surface area contributed by atoms with Crippen molar-refractivity contribution >= 4 is 38.9 Å². The lowest BCUT2D eigenvalue weighted by atomic mass is 10.2. The average molecular weight is 325 g/mol. The van der Waals surface area contributed by atoms with Gasteiger partial charge >= 0.3 is 0 Å². The lowest BCUT2D eigenvalue weighted by Gasteiger charge is -2.03. The van der Waals surface area contributed by atoms with E-state index >= 15 is 0 Å². The molecule has 3 nitrogen and oxygen atoms in total. The van der Waals surface area contributed by atoms with Gasteiger partial charge in [0.25, 0.3) is 5.91 Å². The quantitative estimate of drug-likeness (QED) is 0.915. The van der Waals surface area contributed by atoms with Gasteiger partial charge in [-0.1, -0.05) is 13.8 Å². The van der Waals surface area contributed by atoms with Gasteiger partial charge in [0.05, 0.1) is 16.8 Å². The van der Waals surface area contributed by atoms with E-state index in [1.807, 2.05) is 18.2 Å². The predicted octanol–water partition coefficient (Wildman–Crippen LogP) is 4.28. The summed E-state index contributed by atoms with van der Waals surface area (Å²) in [5.74, 6) is 0.357. The SMILES string of the molecule is CC(C)c1ccc(C(=O)Nc2cncc(Br)c2)s1. The Bertz CT molecular complexity index is 566. The fourth-order valence-corrected chi connectivity index (χ4v) is 2.73. The average Bonchev–Trinajstić information content (AvgIpc) is 2.78. The van der Waals surface area contributed by atoms with Crippen molar-refractivity contribution in [3.63, 3.8) is 0 Å². The maximum absolute atomic E-state index is 12.0. The van der Waals surface area contributed by atoms with Crippen molar-refractivity contribution < 1.29 is 4.79 Å². The molecule has 0 aliphatic rings. The van der Waals surface area contributed by atoms with Crippen LogP contribution >= 0.6 is 27.3 Å². The van der Waals surface area contributed by atoms with Crippen LogP contribution in [0.25, 0.3) is 0 Å². The van der Waals surface area contributed by atoms with Crippen LogP contribution in [0, 0.1) is 0 Å². The molecule has 0 saturated carbocycles. The first-order valence-electron chi connectivity index (χ1n) is 5.58. The summed E-state index contributed by atoms with van der Waals surface area (Å²) >= 11 is 4.85. The Morgan fingerprint density at radius 3 is 2.78 bits per heavy atom. The molecule has 5 heteroatoms.